The van der Waals surface area contributed by atoms with Crippen LogP contribution in [-0.2, 0) is 6.42 Å². The second-order valence-corrected chi connectivity index (χ2v) is 7.07. The van der Waals surface area contributed by atoms with E-state index in [4.69, 9.17) is 5.73 Å². The van der Waals surface area contributed by atoms with Crippen molar-refractivity contribution in [2.75, 3.05) is 5.73 Å². The van der Waals surface area contributed by atoms with Crippen LogP contribution in [0.1, 0.15) is 51.8 Å². The minimum absolute atomic E-state index is 0.379. The first kappa shape index (κ1) is 14.8. The third kappa shape index (κ3) is 3.30. The van der Waals surface area contributed by atoms with Crippen molar-refractivity contribution >= 4 is 11.5 Å². The highest BCUT2D eigenvalue weighted by Crippen LogP contribution is 2.28. The summed E-state index contributed by atoms with van der Waals surface area (Å²) in [5.41, 5.74) is 9.61. The van der Waals surface area contributed by atoms with Crippen LogP contribution >= 0.6 is 0 Å². The van der Waals surface area contributed by atoms with Gasteiger partial charge in [-0.2, -0.15) is 9.61 Å². The summed E-state index contributed by atoms with van der Waals surface area (Å²) in [6, 6.07) is 1.88. The average molecular weight is 274 g/mol. The Kier molecular flexibility index (Phi) is 4.02. The van der Waals surface area contributed by atoms with Gasteiger partial charge in [-0.3, -0.25) is 0 Å². The molecule has 0 aliphatic carbocycles. The normalized spacial score (nSPS) is 13.8. The van der Waals surface area contributed by atoms with Gasteiger partial charge in [-0.25, -0.2) is 4.98 Å². The molecule has 2 aromatic heterocycles. The predicted octanol–water partition coefficient (Wildman–Crippen LogP) is 3.62. The molecule has 1 unspecified atom stereocenters. The molecule has 2 aromatic rings. The van der Waals surface area contributed by atoms with Gasteiger partial charge in [-0.15, -0.1) is 0 Å². The fourth-order valence-corrected chi connectivity index (χ4v) is 2.97. The number of nitrogen functional groups attached to an aromatic ring is 1. The Morgan fingerprint density at radius 3 is 2.70 bits per heavy atom. The van der Waals surface area contributed by atoms with E-state index in [9.17, 15) is 0 Å². The highest BCUT2D eigenvalue weighted by atomic mass is 15.3. The summed E-state index contributed by atoms with van der Waals surface area (Å²) in [6.07, 6.45) is 5.07. The molecule has 0 aliphatic heterocycles. The van der Waals surface area contributed by atoms with Crippen molar-refractivity contribution in [3.05, 3.63) is 23.5 Å². The van der Waals surface area contributed by atoms with E-state index in [2.05, 4.69) is 37.8 Å². The van der Waals surface area contributed by atoms with Gasteiger partial charge in [0.25, 0.3) is 0 Å². The van der Waals surface area contributed by atoms with Gasteiger partial charge in [-0.1, -0.05) is 27.7 Å². The lowest BCUT2D eigenvalue weighted by Crippen LogP contribution is -2.13. The minimum atomic E-state index is 0.379. The highest BCUT2D eigenvalue weighted by molar-refractivity contribution is 5.52. The molecule has 0 radical (unpaired) electrons. The van der Waals surface area contributed by atoms with E-state index < -0.39 is 0 Å². The summed E-state index contributed by atoms with van der Waals surface area (Å²) < 4.78 is 1.73. The Balaban J connectivity index is 2.13. The zero-order chi connectivity index (χ0) is 14.9. The molecule has 0 fully saturated rings. The quantitative estimate of drug-likeness (QED) is 0.926. The van der Waals surface area contributed by atoms with Gasteiger partial charge in [0.05, 0.1) is 6.20 Å². The van der Waals surface area contributed by atoms with E-state index in [1.165, 1.54) is 6.42 Å². The summed E-state index contributed by atoms with van der Waals surface area (Å²) in [6.45, 7) is 11.2. The van der Waals surface area contributed by atoms with Gasteiger partial charge < -0.3 is 5.73 Å². The molecule has 110 valence electrons. The lowest BCUT2D eigenvalue weighted by molar-refractivity contribution is 0.297. The molecule has 0 amide bonds. The van der Waals surface area contributed by atoms with E-state index in [0.29, 0.717) is 11.3 Å². The third-order valence-corrected chi connectivity index (χ3v) is 3.73. The molecule has 4 nitrogen and oxygen atoms in total. The molecule has 2 rings (SSSR count). The lowest BCUT2D eigenvalue weighted by Gasteiger charge is -2.23. The average Bonchev–Trinajstić information content (AvgIpc) is 2.74. The second kappa shape index (κ2) is 5.43. The van der Waals surface area contributed by atoms with Crippen LogP contribution in [0, 0.1) is 18.3 Å². The molecule has 4 heteroatoms. The van der Waals surface area contributed by atoms with Crippen LogP contribution in [0.25, 0.3) is 5.65 Å². The summed E-state index contributed by atoms with van der Waals surface area (Å²) >= 11 is 0. The summed E-state index contributed by atoms with van der Waals surface area (Å²) in [5, 5.41) is 4.24. The number of anilines is 1. The van der Waals surface area contributed by atoms with Crippen LogP contribution in [0.3, 0.4) is 0 Å². The summed E-state index contributed by atoms with van der Waals surface area (Å²) in [7, 11) is 0. The number of aromatic nitrogens is 3. The monoisotopic (exact) mass is 274 g/mol. The number of hydrogen-bond donors (Lipinski definition) is 1. The van der Waals surface area contributed by atoms with Crippen LogP contribution in [0.2, 0.25) is 0 Å². The van der Waals surface area contributed by atoms with Crippen molar-refractivity contribution < 1.29 is 0 Å². The second-order valence-electron chi connectivity index (χ2n) is 7.07. The maximum absolute atomic E-state index is 6.24. The van der Waals surface area contributed by atoms with Crippen LogP contribution in [0.4, 0.5) is 5.82 Å². The van der Waals surface area contributed by atoms with E-state index in [0.717, 1.165) is 35.6 Å². The van der Waals surface area contributed by atoms with Crippen LogP contribution in [0.15, 0.2) is 12.3 Å². The molecular weight excluding hydrogens is 248 g/mol. The molecule has 0 saturated carbocycles. The van der Waals surface area contributed by atoms with Gasteiger partial charge in [0.15, 0.2) is 5.65 Å². The first-order valence-corrected chi connectivity index (χ1v) is 7.36. The number of rotatable bonds is 4. The SMILES string of the molecule is Cc1nc2ccnn2c(N)c1CCC(C)CC(C)(C)C. The number of hydrogen-bond acceptors (Lipinski definition) is 3. The number of aryl methyl sites for hydroxylation is 1. The first-order valence-electron chi connectivity index (χ1n) is 7.36. The molecule has 0 bridgehead atoms. The van der Waals surface area contributed by atoms with Crippen molar-refractivity contribution in [3.63, 3.8) is 0 Å². The van der Waals surface area contributed by atoms with Crippen LogP contribution in [0.5, 0.6) is 0 Å². The Morgan fingerprint density at radius 1 is 1.35 bits per heavy atom. The summed E-state index contributed by atoms with van der Waals surface area (Å²) in [4.78, 5) is 4.57. The molecule has 0 spiro atoms. The van der Waals surface area contributed by atoms with E-state index in [-0.39, 0.29) is 0 Å². The van der Waals surface area contributed by atoms with Crippen molar-refractivity contribution in [2.24, 2.45) is 11.3 Å². The standard InChI is InChI=1S/C16H26N4/c1-11(10-16(3,4)5)6-7-13-12(2)19-14-8-9-18-20(14)15(13)17/h8-9,11H,6-7,10,17H2,1-5H3. The maximum Gasteiger partial charge on any atom is 0.157 e. The van der Waals surface area contributed by atoms with Gasteiger partial charge >= 0.3 is 0 Å². The van der Waals surface area contributed by atoms with Crippen LogP contribution < -0.4 is 5.73 Å². The Morgan fingerprint density at radius 2 is 2.05 bits per heavy atom. The third-order valence-electron chi connectivity index (χ3n) is 3.73. The van der Waals surface area contributed by atoms with E-state index >= 15 is 0 Å². The predicted molar refractivity (Wildman–Crippen MR) is 83.7 cm³/mol. The Bertz CT molecular complexity index is 592. The fourth-order valence-electron chi connectivity index (χ4n) is 2.97. The smallest absolute Gasteiger partial charge is 0.157 e. The topological polar surface area (TPSA) is 56.2 Å². The largest absolute Gasteiger partial charge is 0.383 e. The minimum Gasteiger partial charge on any atom is -0.383 e. The molecule has 0 aliphatic rings. The molecular formula is C16H26N4. The van der Waals surface area contributed by atoms with Crippen molar-refractivity contribution in [1.82, 2.24) is 14.6 Å². The van der Waals surface area contributed by atoms with Crippen molar-refractivity contribution in [2.45, 2.75) is 53.9 Å². The zero-order valence-electron chi connectivity index (χ0n) is 13.3. The molecule has 2 N–H and O–H groups in total. The van der Waals surface area contributed by atoms with E-state index in [1.807, 2.05) is 13.0 Å². The van der Waals surface area contributed by atoms with Gasteiger partial charge in [0.2, 0.25) is 0 Å². The number of nitrogens with zero attached hydrogens (tertiary/aromatic N) is 3. The fraction of sp³-hybridized carbons (Fsp3) is 0.625. The molecule has 2 heterocycles. The van der Waals surface area contributed by atoms with Crippen molar-refractivity contribution in [1.29, 1.82) is 0 Å². The molecule has 0 saturated heterocycles. The van der Waals surface area contributed by atoms with Gasteiger partial charge in [0.1, 0.15) is 5.82 Å². The summed E-state index contributed by atoms with van der Waals surface area (Å²) in [5.74, 6) is 1.42. The Labute approximate surface area is 121 Å². The molecule has 0 aromatic carbocycles. The zero-order valence-corrected chi connectivity index (χ0v) is 13.3. The van der Waals surface area contributed by atoms with Gasteiger partial charge in [0, 0.05) is 17.3 Å². The lowest BCUT2D eigenvalue weighted by atomic mass is 9.83. The van der Waals surface area contributed by atoms with Gasteiger partial charge in [-0.05, 0) is 37.5 Å². The first-order chi connectivity index (χ1) is 9.28. The van der Waals surface area contributed by atoms with Crippen molar-refractivity contribution in [3.8, 4) is 0 Å². The van der Waals surface area contributed by atoms with Crippen LogP contribution in [-0.4, -0.2) is 14.6 Å². The number of fused-ring (bicyclic) bond motifs is 1. The maximum atomic E-state index is 6.24. The highest BCUT2D eigenvalue weighted by Gasteiger charge is 2.17. The Hall–Kier alpha value is -1.58. The van der Waals surface area contributed by atoms with E-state index in [1.54, 1.807) is 10.7 Å². The molecule has 20 heavy (non-hydrogen) atoms. The number of nitrogens with two attached hydrogens (primary N) is 1. The molecule has 1 atom stereocenters.